The molecule has 0 bridgehead atoms. The molecule has 3 nitrogen and oxygen atoms in total. The van der Waals surface area contributed by atoms with Gasteiger partial charge in [-0.3, -0.25) is 0 Å². The summed E-state index contributed by atoms with van der Waals surface area (Å²) in [5.74, 6) is -3.34. The Balaban J connectivity index is 2.20. The molecule has 2 rings (SSSR count). The van der Waals surface area contributed by atoms with E-state index in [9.17, 15) is 13.6 Å². The van der Waals surface area contributed by atoms with Crippen LogP contribution in [0.1, 0.15) is 15.2 Å². The minimum atomic E-state index is -1.43. The number of hydrogen-bond donors (Lipinski definition) is 2. The van der Waals surface area contributed by atoms with Gasteiger partial charge in [-0.05, 0) is 28.1 Å². The second-order valence-corrected chi connectivity index (χ2v) is 5.61. The van der Waals surface area contributed by atoms with Crippen LogP contribution >= 0.6 is 27.3 Å². The number of benzene rings is 1. The molecule has 0 amide bonds. The highest BCUT2D eigenvalue weighted by atomic mass is 79.9. The van der Waals surface area contributed by atoms with Crippen LogP contribution in [0.2, 0.25) is 0 Å². The Kier molecular flexibility index (Phi) is 4.16. The van der Waals surface area contributed by atoms with Gasteiger partial charge >= 0.3 is 5.97 Å². The van der Waals surface area contributed by atoms with E-state index >= 15 is 0 Å². The molecule has 0 aliphatic carbocycles. The number of anilines is 1. The summed E-state index contributed by atoms with van der Waals surface area (Å²) in [5.41, 5.74) is -0.598. The van der Waals surface area contributed by atoms with Crippen molar-refractivity contribution in [2.45, 2.75) is 6.54 Å². The first-order chi connectivity index (χ1) is 8.97. The molecule has 0 saturated carbocycles. The number of aromatic carboxylic acids is 1. The molecule has 0 atom stereocenters. The summed E-state index contributed by atoms with van der Waals surface area (Å²) in [6.45, 7) is 0.331. The van der Waals surface area contributed by atoms with Crippen LogP contribution in [0.15, 0.2) is 28.1 Å². The van der Waals surface area contributed by atoms with E-state index in [0.29, 0.717) is 12.6 Å². The van der Waals surface area contributed by atoms with E-state index in [2.05, 4.69) is 21.2 Å². The number of nitrogens with one attached hydrogen (secondary N) is 1. The molecule has 0 spiro atoms. The highest BCUT2D eigenvalue weighted by molar-refractivity contribution is 9.10. The molecule has 1 aromatic heterocycles. The van der Waals surface area contributed by atoms with Crippen LogP contribution in [0.3, 0.4) is 0 Å². The highest BCUT2D eigenvalue weighted by Crippen LogP contribution is 2.23. The Morgan fingerprint density at radius 3 is 2.63 bits per heavy atom. The minimum absolute atomic E-state index is 0.0386. The zero-order chi connectivity index (χ0) is 14.0. The molecule has 0 saturated heterocycles. The predicted octanol–water partition coefficient (Wildman–Crippen LogP) is 4.10. The van der Waals surface area contributed by atoms with Gasteiger partial charge in [0.1, 0.15) is 11.6 Å². The summed E-state index contributed by atoms with van der Waals surface area (Å²) >= 11 is 4.76. The molecular weight excluding hydrogens is 340 g/mol. The number of halogens is 3. The molecular formula is C12H8BrF2NO2S. The van der Waals surface area contributed by atoms with Gasteiger partial charge in [-0.25, -0.2) is 13.6 Å². The molecule has 2 N–H and O–H groups in total. The second kappa shape index (κ2) is 5.66. The Hall–Kier alpha value is -1.47. The molecule has 0 radical (unpaired) electrons. The lowest BCUT2D eigenvalue weighted by Crippen LogP contribution is -2.06. The van der Waals surface area contributed by atoms with Gasteiger partial charge in [-0.2, -0.15) is 0 Å². The lowest BCUT2D eigenvalue weighted by Gasteiger charge is -2.08. The third-order valence-electron chi connectivity index (χ3n) is 2.36. The van der Waals surface area contributed by atoms with Gasteiger partial charge < -0.3 is 10.4 Å². The van der Waals surface area contributed by atoms with Crippen LogP contribution in [0, 0.1) is 11.6 Å². The van der Waals surface area contributed by atoms with E-state index in [-0.39, 0.29) is 5.69 Å². The third-order valence-corrected chi connectivity index (χ3v) is 4.06. The SMILES string of the molecule is O=C(O)c1cc(NCc2cc(Br)cs2)c(F)cc1F. The quantitative estimate of drug-likeness (QED) is 0.875. The molecule has 0 aliphatic heterocycles. The maximum atomic E-state index is 13.5. The van der Waals surface area contributed by atoms with Crippen LogP contribution in [0.5, 0.6) is 0 Å². The molecule has 2 aromatic rings. The van der Waals surface area contributed by atoms with Gasteiger partial charge in [-0.1, -0.05) is 0 Å². The molecule has 1 heterocycles. The van der Waals surface area contributed by atoms with Gasteiger partial charge in [0, 0.05) is 27.3 Å². The van der Waals surface area contributed by atoms with Crippen molar-refractivity contribution >= 4 is 38.9 Å². The van der Waals surface area contributed by atoms with Gasteiger partial charge in [-0.15, -0.1) is 11.3 Å². The summed E-state index contributed by atoms with van der Waals surface area (Å²) in [4.78, 5) is 11.7. The van der Waals surface area contributed by atoms with Crippen molar-refractivity contribution < 1.29 is 18.7 Å². The maximum absolute atomic E-state index is 13.5. The van der Waals surface area contributed by atoms with Crippen LogP contribution in [-0.4, -0.2) is 11.1 Å². The van der Waals surface area contributed by atoms with E-state index in [1.54, 1.807) is 0 Å². The fraction of sp³-hybridized carbons (Fsp3) is 0.0833. The van der Waals surface area contributed by atoms with Crippen molar-refractivity contribution in [3.63, 3.8) is 0 Å². The van der Waals surface area contributed by atoms with E-state index in [1.165, 1.54) is 11.3 Å². The van der Waals surface area contributed by atoms with Crippen molar-refractivity contribution in [1.82, 2.24) is 0 Å². The maximum Gasteiger partial charge on any atom is 0.338 e. The number of hydrogen-bond acceptors (Lipinski definition) is 3. The lowest BCUT2D eigenvalue weighted by molar-refractivity contribution is 0.0692. The fourth-order valence-electron chi connectivity index (χ4n) is 1.48. The van der Waals surface area contributed by atoms with Gasteiger partial charge in [0.25, 0.3) is 0 Å². The summed E-state index contributed by atoms with van der Waals surface area (Å²) in [7, 11) is 0. The van der Waals surface area contributed by atoms with E-state index in [0.717, 1.165) is 15.4 Å². The van der Waals surface area contributed by atoms with E-state index in [1.807, 2.05) is 11.4 Å². The number of carboxylic acid groups (broad SMARTS) is 1. The molecule has 0 unspecified atom stereocenters. The topological polar surface area (TPSA) is 49.3 Å². The molecule has 19 heavy (non-hydrogen) atoms. The Labute approximate surface area is 120 Å². The number of carbonyl (C=O) groups is 1. The van der Waals surface area contributed by atoms with Crippen LogP contribution in [0.25, 0.3) is 0 Å². The second-order valence-electron chi connectivity index (χ2n) is 3.70. The smallest absolute Gasteiger partial charge is 0.338 e. The molecule has 0 fully saturated rings. The van der Waals surface area contributed by atoms with Gasteiger partial charge in [0.2, 0.25) is 0 Å². The lowest BCUT2D eigenvalue weighted by atomic mass is 10.2. The molecule has 0 aliphatic rings. The largest absolute Gasteiger partial charge is 0.478 e. The first-order valence-electron chi connectivity index (χ1n) is 5.16. The average molecular weight is 348 g/mol. The molecule has 1 aromatic carbocycles. The summed E-state index contributed by atoms with van der Waals surface area (Å²) in [6.07, 6.45) is 0. The first-order valence-corrected chi connectivity index (χ1v) is 6.83. The van der Waals surface area contributed by atoms with Crippen LogP contribution in [0.4, 0.5) is 14.5 Å². The van der Waals surface area contributed by atoms with Crippen LogP contribution in [-0.2, 0) is 6.54 Å². The monoisotopic (exact) mass is 347 g/mol. The van der Waals surface area contributed by atoms with Crippen molar-refractivity contribution in [2.24, 2.45) is 0 Å². The van der Waals surface area contributed by atoms with Gasteiger partial charge in [0.15, 0.2) is 0 Å². The van der Waals surface area contributed by atoms with Crippen LogP contribution < -0.4 is 5.32 Å². The zero-order valence-electron chi connectivity index (χ0n) is 9.41. The third kappa shape index (κ3) is 3.30. The Morgan fingerprint density at radius 1 is 1.32 bits per heavy atom. The molecule has 100 valence electrons. The summed E-state index contributed by atoms with van der Waals surface area (Å²) in [5, 5.41) is 13.4. The Bertz CT molecular complexity index is 630. The minimum Gasteiger partial charge on any atom is -0.478 e. The summed E-state index contributed by atoms with van der Waals surface area (Å²) < 4.78 is 27.6. The average Bonchev–Trinajstić information content (AvgIpc) is 2.73. The normalized spacial score (nSPS) is 10.5. The number of rotatable bonds is 4. The van der Waals surface area contributed by atoms with E-state index in [4.69, 9.17) is 5.11 Å². The van der Waals surface area contributed by atoms with Crippen molar-refractivity contribution in [3.05, 3.63) is 50.1 Å². The number of thiophene rings is 1. The fourth-order valence-corrected chi connectivity index (χ4v) is 2.87. The molecule has 7 heteroatoms. The van der Waals surface area contributed by atoms with Gasteiger partial charge in [0.05, 0.1) is 11.3 Å². The van der Waals surface area contributed by atoms with Crippen molar-refractivity contribution in [3.8, 4) is 0 Å². The van der Waals surface area contributed by atoms with Crippen molar-refractivity contribution in [2.75, 3.05) is 5.32 Å². The number of carboxylic acids is 1. The van der Waals surface area contributed by atoms with Crippen molar-refractivity contribution in [1.29, 1.82) is 0 Å². The highest BCUT2D eigenvalue weighted by Gasteiger charge is 2.15. The summed E-state index contributed by atoms with van der Waals surface area (Å²) in [6, 6.07) is 3.38. The zero-order valence-corrected chi connectivity index (χ0v) is 11.8. The first kappa shape index (κ1) is 14.0. The van der Waals surface area contributed by atoms with E-state index < -0.39 is 23.2 Å². The standard InChI is InChI=1S/C12H8BrF2NO2S/c13-6-1-7(19-5-6)4-16-11-2-8(12(17)18)9(14)3-10(11)15/h1-3,5,16H,4H2,(H,17,18). The predicted molar refractivity (Wildman–Crippen MR) is 72.7 cm³/mol. The Morgan fingerprint density at radius 2 is 2.05 bits per heavy atom.